The van der Waals surface area contributed by atoms with Gasteiger partial charge in [-0.3, -0.25) is 19.2 Å². The van der Waals surface area contributed by atoms with Crippen molar-refractivity contribution in [2.45, 2.75) is 171 Å². The van der Waals surface area contributed by atoms with Crippen molar-refractivity contribution in [3.8, 4) is 16.9 Å². The van der Waals surface area contributed by atoms with Crippen molar-refractivity contribution in [3.63, 3.8) is 0 Å². The van der Waals surface area contributed by atoms with E-state index in [0.717, 1.165) is 36.8 Å². The average molecular weight is 984 g/mol. The molecule has 6 heteroatoms. The van der Waals surface area contributed by atoms with Crippen molar-refractivity contribution >= 4 is 29.3 Å². The van der Waals surface area contributed by atoms with E-state index in [-0.39, 0.29) is 23.3 Å². The monoisotopic (exact) mass is 983 g/mol. The van der Waals surface area contributed by atoms with Crippen LogP contribution in [0.15, 0.2) is 140 Å². The van der Waals surface area contributed by atoms with Gasteiger partial charge in [0.1, 0.15) is 12.1 Å². The van der Waals surface area contributed by atoms with Gasteiger partial charge in [-0.1, -0.05) is 212 Å². The zero-order valence-corrected chi connectivity index (χ0v) is 49.0. The molecule has 5 aromatic carbocycles. The van der Waals surface area contributed by atoms with Crippen LogP contribution in [0.3, 0.4) is 0 Å². The SMILES string of the molecule is C=C(C)C(C)=O.CC.CC.CC.CC.CC.CCc1ccc(-c2cc(C)c(C)n2-c2ccc(C)cc2)cc1.CCc1ccc(C(=O)CC(C)C(C)=O)cc1.CCc1ccc(C=O)cc1.Cc1ccc(N)cc1. The molecule has 0 aliphatic heterocycles. The molecule has 6 nitrogen and oxygen atoms in total. The molecule has 2 N–H and O–H groups in total. The lowest BCUT2D eigenvalue weighted by molar-refractivity contribution is -0.120. The molecule has 1 unspecified atom stereocenters. The van der Waals surface area contributed by atoms with Crippen LogP contribution in [0.25, 0.3) is 16.9 Å². The van der Waals surface area contributed by atoms with Crippen molar-refractivity contribution in [1.82, 2.24) is 4.57 Å². The van der Waals surface area contributed by atoms with Crippen molar-refractivity contribution in [2.75, 3.05) is 5.73 Å². The Balaban J connectivity index is -0.000000408. The van der Waals surface area contributed by atoms with Gasteiger partial charge in [-0.25, -0.2) is 0 Å². The summed E-state index contributed by atoms with van der Waals surface area (Å²) in [4.78, 5) is 43.1. The Morgan fingerprint density at radius 2 is 0.931 bits per heavy atom. The molecule has 72 heavy (non-hydrogen) atoms. The number of rotatable bonds is 11. The number of anilines is 1. The molecule has 0 saturated carbocycles. The van der Waals surface area contributed by atoms with Crippen LogP contribution in [0.4, 0.5) is 5.69 Å². The highest BCUT2D eigenvalue weighted by Crippen LogP contribution is 2.29. The van der Waals surface area contributed by atoms with Crippen molar-refractivity contribution in [2.24, 2.45) is 5.92 Å². The molecule has 1 heterocycles. The maximum absolute atomic E-state index is 11.8. The van der Waals surface area contributed by atoms with E-state index >= 15 is 0 Å². The first kappa shape index (κ1) is 72.1. The highest BCUT2D eigenvalue weighted by molar-refractivity contribution is 5.98. The van der Waals surface area contributed by atoms with Crippen molar-refractivity contribution in [1.29, 1.82) is 0 Å². The lowest BCUT2D eigenvalue weighted by atomic mass is 9.96. The zero-order chi connectivity index (χ0) is 56.4. The zero-order valence-electron chi connectivity index (χ0n) is 49.0. The molecule has 0 amide bonds. The largest absolute Gasteiger partial charge is 0.399 e. The number of hydrogen-bond acceptors (Lipinski definition) is 5. The van der Waals surface area contributed by atoms with Crippen LogP contribution >= 0.6 is 0 Å². The highest BCUT2D eigenvalue weighted by atomic mass is 16.1. The number of nitrogens with zero attached hydrogens (tertiary/aromatic N) is 1. The predicted molar refractivity (Wildman–Crippen MR) is 318 cm³/mol. The van der Waals surface area contributed by atoms with Gasteiger partial charge in [0.2, 0.25) is 0 Å². The Kier molecular flexibility index (Phi) is 44.6. The normalized spacial score (nSPS) is 9.40. The number of allylic oxidation sites excluding steroid dienone is 1. The van der Waals surface area contributed by atoms with E-state index in [1.165, 1.54) is 69.9 Å². The molecule has 6 aromatic rings. The summed E-state index contributed by atoms with van der Waals surface area (Å²) in [5, 5.41) is 0. The van der Waals surface area contributed by atoms with Crippen LogP contribution in [-0.2, 0) is 28.9 Å². The van der Waals surface area contributed by atoms with Gasteiger partial charge in [0.15, 0.2) is 11.6 Å². The van der Waals surface area contributed by atoms with Gasteiger partial charge in [-0.2, -0.15) is 0 Å². The minimum Gasteiger partial charge on any atom is -0.399 e. The second-order valence-electron chi connectivity index (χ2n) is 15.7. The van der Waals surface area contributed by atoms with Crippen LogP contribution in [-0.4, -0.2) is 28.2 Å². The third-order valence-corrected chi connectivity index (χ3v) is 10.5. The molecule has 6 rings (SSSR count). The number of ketones is 3. The third-order valence-electron chi connectivity index (χ3n) is 10.5. The highest BCUT2D eigenvalue weighted by Gasteiger charge is 2.15. The van der Waals surface area contributed by atoms with Gasteiger partial charge in [-0.05, 0) is 131 Å². The number of carbonyl (C=O) groups is 4. The summed E-state index contributed by atoms with van der Waals surface area (Å²) in [6, 6.07) is 43.0. The van der Waals surface area contributed by atoms with E-state index in [1.807, 2.05) is 149 Å². The average Bonchev–Trinajstić information content (AvgIpc) is 3.73. The summed E-state index contributed by atoms with van der Waals surface area (Å²) in [5.41, 5.74) is 21.1. The van der Waals surface area contributed by atoms with Crippen molar-refractivity contribution < 1.29 is 19.2 Å². The van der Waals surface area contributed by atoms with E-state index < -0.39 is 0 Å². The smallest absolute Gasteiger partial charge is 0.163 e. The first-order valence-electron chi connectivity index (χ1n) is 26.4. The number of carbonyl (C=O) groups excluding carboxylic acids is 4. The fraction of sp³-hybridized carbons (Fsp3) is 0.394. The molecule has 0 fully saturated rings. The lowest BCUT2D eigenvalue weighted by Gasteiger charge is -2.13. The third kappa shape index (κ3) is 29.7. The Labute approximate surface area is 440 Å². The van der Waals surface area contributed by atoms with Gasteiger partial charge in [0.05, 0.1) is 5.69 Å². The van der Waals surface area contributed by atoms with E-state index in [0.29, 0.717) is 17.6 Å². The fourth-order valence-corrected chi connectivity index (χ4v) is 5.75. The first-order valence-corrected chi connectivity index (χ1v) is 26.4. The van der Waals surface area contributed by atoms with E-state index in [9.17, 15) is 19.2 Å². The Morgan fingerprint density at radius 3 is 1.26 bits per heavy atom. The number of aromatic nitrogens is 1. The van der Waals surface area contributed by atoms with Crippen LogP contribution in [0.2, 0.25) is 0 Å². The number of hydrogen-bond donors (Lipinski definition) is 1. The number of benzene rings is 5. The fourth-order valence-electron chi connectivity index (χ4n) is 5.75. The lowest BCUT2D eigenvalue weighted by Crippen LogP contribution is -2.12. The van der Waals surface area contributed by atoms with Crippen LogP contribution in [0.1, 0.15) is 184 Å². The van der Waals surface area contributed by atoms with Gasteiger partial charge in [-0.15, -0.1) is 0 Å². The number of Topliss-reactive ketones (excluding diaryl/α,β-unsaturated/α-hetero) is 3. The summed E-state index contributed by atoms with van der Waals surface area (Å²) in [6.07, 6.45) is 4.25. The van der Waals surface area contributed by atoms with E-state index in [4.69, 9.17) is 5.73 Å². The molecule has 0 spiro atoms. The quantitative estimate of drug-likeness (QED) is 0.0603. The molecule has 0 aliphatic carbocycles. The standard InChI is InChI=1S/C21H23N.C14H18O2.C9H10O.C7H9N.C5H8O.5C2H6/c1-5-18-8-10-19(11-9-18)21-14-16(3)17(4)22(21)20-12-6-15(2)7-13-20;1-4-12-5-7-13(8-6-12)14(16)9-10(2)11(3)15;1-2-8-3-5-9(7-10)6-4-8;1-6-2-4-7(8)5-3-6;1-4(2)5(3)6;5*1-2/h6-14H,5H2,1-4H3;5-8,10H,4,9H2,1-3H3;3-7H,2H2,1H3;2-5H,8H2,1H3;1H2,2-3H3;5*1-2H3. The Morgan fingerprint density at radius 1 is 0.569 bits per heavy atom. The Hall–Kier alpha value is -6.40. The van der Waals surface area contributed by atoms with Gasteiger partial charge in [0.25, 0.3) is 0 Å². The first-order chi connectivity index (χ1) is 34.4. The van der Waals surface area contributed by atoms with E-state index in [1.54, 1.807) is 13.8 Å². The summed E-state index contributed by atoms with van der Waals surface area (Å²) in [5.74, 6) is -0.00256. The molecular weight excluding hydrogens is 885 g/mol. The molecule has 0 radical (unpaired) electrons. The molecule has 1 atom stereocenters. The molecular formula is C66H98N2O4. The van der Waals surface area contributed by atoms with E-state index in [2.05, 4.69) is 107 Å². The molecule has 0 saturated heterocycles. The number of nitrogen functional groups attached to an aromatic ring is 1. The van der Waals surface area contributed by atoms with Crippen LogP contribution in [0, 0.1) is 33.6 Å². The van der Waals surface area contributed by atoms with Crippen LogP contribution in [0.5, 0.6) is 0 Å². The number of aryl methyl sites for hydroxylation is 6. The van der Waals surface area contributed by atoms with Gasteiger partial charge in [0, 0.05) is 40.5 Å². The molecule has 396 valence electrons. The molecule has 1 aromatic heterocycles. The maximum Gasteiger partial charge on any atom is 0.163 e. The molecule has 0 aliphatic rings. The molecule has 0 bridgehead atoms. The topological polar surface area (TPSA) is 99.2 Å². The second kappa shape index (κ2) is 44.5. The summed E-state index contributed by atoms with van der Waals surface area (Å²) in [7, 11) is 0. The maximum atomic E-state index is 11.8. The number of aldehydes is 1. The summed E-state index contributed by atoms with van der Waals surface area (Å²) >= 11 is 0. The second-order valence-corrected chi connectivity index (χ2v) is 15.7. The minimum absolute atomic E-state index is 0.0466. The van der Waals surface area contributed by atoms with Gasteiger partial charge >= 0.3 is 0 Å². The summed E-state index contributed by atoms with van der Waals surface area (Å²) < 4.78 is 2.36. The summed E-state index contributed by atoms with van der Waals surface area (Å²) in [6.45, 7) is 44.8. The number of nitrogens with two attached hydrogens (primary N) is 1. The van der Waals surface area contributed by atoms with Crippen LogP contribution < -0.4 is 5.73 Å². The van der Waals surface area contributed by atoms with Gasteiger partial charge < -0.3 is 10.3 Å². The predicted octanol–water partition coefficient (Wildman–Crippen LogP) is 18.6. The minimum atomic E-state index is -0.182. The Bertz CT molecular complexity index is 2280. The van der Waals surface area contributed by atoms with Crippen molar-refractivity contribution in [3.05, 3.63) is 190 Å².